The molecule has 168 valence electrons. The van der Waals surface area contributed by atoms with E-state index in [0.29, 0.717) is 45.8 Å². The average Bonchev–Trinajstić information content (AvgIpc) is 3.37. The van der Waals surface area contributed by atoms with Crippen LogP contribution in [-0.4, -0.2) is 33.2 Å². The van der Waals surface area contributed by atoms with Gasteiger partial charge in [-0.2, -0.15) is 0 Å². The number of nitrogens with one attached hydrogen (secondary N) is 1. The maximum atomic E-state index is 12.4. The lowest BCUT2D eigenvalue weighted by molar-refractivity contribution is -0.118. The number of aromatic nitrogens is 3. The molecular weight excluding hydrogens is 471 g/mol. The molecule has 10 heteroatoms. The van der Waals surface area contributed by atoms with Crippen LogP contribution in [0, 0.1) is 5.92 Å². The Morgan fingerprint density at radius 1 is 1.16 bits per heavy atom. The van der Waals surface area contributed by atoms with Gasteiger partial charge in [0, 0.05) is 23.7 Å². The molecule has 1 aliphatic heterocycles. The van der Waals surface area contributed by atoms with Crippen molar-refractivity contribution in [2.24, 2.45) is 5.92 Å². The zero-order chi connectivity index (χ0) is 22.7. The molecular formula is C22H22Cl2N4O3S. The lowest BCUT2D eigenvalue weighted by Gasteiger charge is -2.13. The van der Waals surface area contributed by atoms with Crippen molar-refractivity contribution >= 4 is 40.9 Å². The van der Waals surface area contributed by atoms with Crippen LogP contribution in [0.2, 0.25) is 10.0 Å². The minimum atomic E-state index is -0.0992. The summed E-state index contributed by atoms with van der Waals surface area (Å²) in [4.78, 5) is 12.4. The van der Waals surface area contributed by atoms with Crippen molar-refractivity contribution in [3.8, 4) is 22.9 Å². The Morgan fingerprint density at radius 2 is 1.97 bits per heavy atom. The van der Waals surface area contributed by atoms with E-state index in [9.17, 15) is 4.79 Å². The maximum absolute atomic E-state index is 12.4. The number of carbonyl (C=O) groups excluding carboxylic acids is 1. The van der Waals surface area contributed by atoms with E-state index >= 15 is 0 Å². The van der Waals surface area contributed by atoms with Crippen molar-refractivity contribution < 1.29 is 14.3 Å². The van der Waals surface area contributed by atoms with Crippen LogP contribution in [0.1, 0.15) is 19.4 Å². The second kappa shape index (κ2) is 10.0. The van der Waals surface area contributed by atoms with E-state index in [4.69, 9.17) is 32.7 Å². The molecule has 0 fully saturated rings. The molecule has 4 rings (SSSR count). The highest BCUT2D eigenvalue weighted by Gasteiger charge is 2.19. The smallest absolute Gasteiger partial charge is 0.231 e. The summed E-state index contributed by atoms with van der Waals surface area (Å²) in [5.74, 6) is 2.55. The van der Waals surface area contributed by atoms with Crippen LogP contribution in [0.25, 0.3) is 11.4 Å². The van der Waals surface area contributed by atoms with Gasteiger partial charge >= 0.3 is 0 Å². The van der Waals surface area contributed by atoms with E-state index in [1.165, 1.54) is 11.8 Å². The van der Waals surface area contributed by atoms with E-state index in [1.54, 1.807) is 12.1 Å². The minimum Gasteiger partial charge on any atom is -0.454 e. The van der Waals surface area contributed by atoms with Gasteiger partial charge in [-0.05, 0) is 41.8 Å². The molecule has 1 amide bonds. The van der Waals surface area contributed by atoms with Gasteiger partial charge in [0.05, 0.1) is 10.8 Å². The van der Waals surface area contributed by atoms with Gasteiger partial charge in [0.15, 0.2) is 22.5 Å². The van der Waals surface area contributed by atoms with Gasteiger partial charge < -0.3 is 19.4 Å². The van der Waals surface area contributed by atoms with Gasteiger partial charge in [-0.3, -0.25) is 4.79 Å². The Balaban J connectivity index is 1.42. The number of hydrogen-bond donors (Lipinski definition) is 1. The van der Waals surface area contributed by atoms with Gasteiger partial charge in [-0.1, -0.05) is 54.9 Å². The quantitative estimate of drug-likeness (QED) is 0.443. The number of nitrogens with zero attached hydrogens (tertiary/aromatic N) is 3. The summed E-state index contributed by atoms with van der Waals surface area (Å²) in [5, 5.41) is 13.3. The average molecular weight is 493 g/mol. The third-order valence-electron chi connectivity index (χ3n) is 4.70. The number of amides is 1. The molecule has 0 saturated carbocycles. The molecule has 0 unspecified atom stereocenters. The molecule has 1 aliphatic rings. The summed E-state index contributed by atoms with van der Waals surface area (Å²) in [6, 6.07) is 10.9. The highest BCUT2D eigenvalue weighted by molar-refractivity contribution is 7.99. The first kappa shape index (κ1) is 22.8. The lowest BCUT2D eigenvalue weighted by Crippen LogP contribution is -2.24. The molecule has 0 bridgehead atoms. The molecule has 7 nitrogen and oxygen atoms in total. The molecule has 1 N–H and O–H groups in total. The normalized spacial score (nSPS) is 12.4. The molecule has 2 heterocycles. The standard InChI is InChI=1S/C22H22Cl2N4O3S/c1-13(2)10-28-21(16-5-4-15(23)8-17(16)24)26-27-22(28)32-11-20(29)25-9-14-3-6-18-19(7-14)31-12-30-18/h3-8,13H,9-12H2,1-2H3,(H,25,29). The van der Waals surface area contributed by atoms with E-state index in [-0.39, 0.29) is 18.5 Å². The highest BCUT2D eigenvalue weighted by Crippen LogP contribution is 2.33. The SMILES string of the molecule is CC(C)Cn1c(SCC(=O)NCc2ccc3c(c2)OCO3)nnc1-c1ccc(Cl)cc1Cl. The molecule has 32 heavy (non-hydrogen) atoms. The lowest BCUT2D eigenvalue weighted by atomic mass is 10.2. The Hall–Kier alpha value is -2.42. The largest absolute Gasteiger partial charge is 0.454 e. The fraction of sp³-hybridized carbons (Fsp3) is 0.318. The zero-order valence-corrected chi connectivity index (χ0v) is 19.9. The third kappa shape index (κ3) is 5.31. The number of fused-ring (bicyclic) bond motifs is 1. The first-order chi connectivity index (χ1) is 15.4. The van der Waals surface area contributed by atoms with Gasteiger partial charge in [0.1, 0.15) is 0 Å². The molecule has 0 aliphatic carbocycles. The summed E-state index contributed by atoms with van der Waals surface area (Å²) >= 11 is 13.8. The molecule has 0 atom stereocenters. The molecule has 1 aromatic heterocycles. The van der Waals surface area contributed by atoms with Gasteiger partial charge in [0.2, 0.25) is 12.7 Å². The fourth-order valence-electron chi connectivity index (χ4n) is 3.23. The highest BCUT2D eigenvalue weighted by atomic mass is 35.5. The fourth-order valence-corrected chi connectivity index (χ4v) is 4.50. The van der Waals surface area contributed by atoms with E-state index in [1.807, 2.05) is 28.8 Å². The summed E-state index contributed by atoms with van der Waals surface area (Å²) in [7, 11) is 0. The number of carbonyl (C=O) groups is 1. The van der Waals surface area contributed by atoms with Crippen molar-refractivity contribution in [2.75, 3.05) is 12.5 Å². The Morgan fingerprint density at radius 3 is 2.75 bits per heavy atom. The van der Waals surface area contributed by atoms with E-state index in [2.05, 4.69) is 29.4 Å². The van der Waals surface area contributed by atoms with Gasteiger partial charge in [-0.15, -0.1) is 10.2 Å². The van der Waals surface area contributed by atoms with Crippen LogP contribution in [0.15, 0.2) is 41.6 Å². The van der Waals surface area contributed by atoms with Gasteiger partial charge in [-0.25, -0.2) is 0 Å². The van der Waals surface area contributed by atoms with E-state index < -0.39 is 0 Å². The second-order valence-corrected chi connectivity index (χ2v) is 9.47. The van der Waals surface area contributed by atoms with Crippen LogP contribution >= 0.6 is 35.0 Å². The Bertz CT molecular complexity index is 1140. The van der Waals surface area contributed by atoms with Crippen molar-refractivity contribution in [3.05, 3.63) is 52.0 Å². The van der Waals surface area contributed by atoms with Crippen molar-refractivity contribution in [1.82, 2.24) is 20.1 Å². The van der Waals surface area contributed by atoms with Crippen LogP contribution in [0.4, 0.5) is 0 Å². The summed E-state index contributed by atoms with van der Waals surface area (Å²) in [6.45, 7) is 5.55. The molecule has 2 aromatic carbocycles. The molecule has 3 aromatic rings. The van der Waals surface area contributed by atoms with Gasteiger partial charge in [0.25, 0.3) is 0 Å². The molecule has 0 saturated heterocycles. The van der Waals surface area contributed by atoms with Crippen LogP contribution in [0.3, 0.4) is 0 Å². The number of halogens is 2. The van der Waals surface area contributed by atoms with Crippen LogP contribution in [0.5, 0.6) is 11.5 Å². The second-order valence-electron chi connectivity index (χ2n) is 7.69. The maximum Gasteiger partial charge on any atom is 0.231 e. The Kier molecular flexibility index (Phi) is 7.13. The number of benzene rings is 2. The predicted octanol–water partition coefficient (Wildman–Crippen LogP) is 5.05. The summed E-state index contributed by atoms with van der Waals surface area (Å²) in [6.07, 6.45) is 0. The van der Waals surface area contributed by atoms with Crippen LogP contribution in [-0.2, 0) is 17.9 Å². The molecule has 0 radical (unpaired) electrons. The number of rotatable bonds is 8. The number of hydrogen-bond acceptors (Lipinski definition) is 6. The number of ether oxygens (including phenoxy) is 2. The van der Waals surface area contributed by atoms with Crippen molar-refractivity contribution in [2.45, 2.75) is 32.1 Å². The van der Waals surface area contributed by atoms with Crippen molar-refractivity contribution in [1.29, 1.82) is 0 Å². The van der Waals surface area contributed by atoms with Crippen molar-refractivity contribution in [3.63, 3.8) is 0 Å². The summed E-state index contributed by atoms with van der Waals surface area (Å²) in [5.41, 5.74) is 1.69. The Labute approximate surface area is 200 Å². The first-order valence-electron chi connectivity index (χ1n) is 10.1. The van der Waals surface area contributed by atoms with Crippen LogP contribution < -0.4 is 14.8 Å². The summed E-state index contributed by atoms with van der Waals surface area (Å²) < 4.78 is 12.7. The zero-order valence-electron chi connectivity index (χ0n) is 17.6. The topological polar surface area (TPSA) is 78.3 Å². The molecule has 0 spiro atoms. The number of thioether (sulfide) groups is 1. The minimum absolute atomic E-state index is 0.0992. The first-order valence-corrected chi connectivity index (χ1v) is 11.8. The predicted molar refractivity (Wildman–Crippen MR) is 125 cm³/mol. The monoisotopic (exact) mass is 492 g/mol. The third-order valence-corrected chi connectivity index (χ3v) is 6.21. The van der Waals surface area contributed by atoms with E-state index in [0.717, 1.165) is 16.9 Å².